The summed E-state index contributed by atoms with van der Waals surface area (Å²) >= 11 is 0. The summed E-state index contributed by atoms with van der Waals surface area (Å²) < 4.78 is 34.4. The largest absolute Gasteiger partial charge is 0.438 e. The smallest absolute Gasteiger partial charge is 0.281 e. The molecular weight excluding hydrogens is 524 g/mol. The lowest BCUT2D eigenvalue weighted by molar-refractivity contribution is -0.0303. The fourth-order valence-corrected chi connectivity index (χ4v) is 9.42. The quantitative estimate of drug-likeness (QED) is 0.389. The van der Waals surface area contributed by atoms with Gasteiger partial charge in [-0.1, -0.05) is 44.5 Å². The van der Waals surface area contributed by atoms with Gasteiger partial charge >= 0.3 is 0 Å². The lowest BCUT2D eigenvalue weighted by Crippen LogP contribution is -2.48. The van der Waals surface area contributed by atoms with E-state index in [1.807, 2.05) is 39.0 Å². The third-order valence-corrected chi connectivity index (χ3v) is 11.6. The second-order valence-electron chi connectivity index (χ2n) is 12.7. The van der Waals surface area contributed by atoms with Crippen LogP contribution in [-0.4, -0.2) is 24.3 Å². The number of nitrogens with two attached hydrogens (primary N) is 1. The highest BCUT2D eigenvalue weighted by atomic mass is 32.2. The second-order valence-corrected chi connectivity index (χ2v) is 14.3. The van der Waals surface area contributed by atoms with Crippen LogP contribution in [0.4, 0.5) is 5.82 Å². The molecule has 3 fully saturated rings. The van der Waals surface area contributed by atoms with Crippen LogP contribution in [-0.2, 0) is 10.0 Å². The minimum atomic E-state index is -4.27. The van der Waals surface area contributed by atoms with Crippen LogP contribution >= 0.6 is 0 Å². The van der Waals surface area contributed by atoms with E-state index in [2.05, 4.69) is 30.5 Å². The monoisotopic (exact) mass is 560 g/mol. The van der Waals surface area contributed by atoms with Gasteiger partial charge in [0.15, 0.2) is 5.03 Å². The summed E-state index contributed by atoms with van der Waals surface area (Å²) in [5.74, 6) is 0.890. The van der Waals surface area contributed by atoms with Crippen molar-refractivity contribution < 1.29 is 17.9 Å². The third kappa shape index (κ3) is 3.62. The first-order chi connectivity index (χ1) is 18.7. The molecule has 1 spiro atoms. The Morgan fingerprint density at radius 3 is 2.40 bits per heavy atom. The Labute approximate surface area is 235 Å². The lowest BCUT2D eigenvalue weighted by Gasteiger charge is -2.56. The van der Waals surface area contributed by atoms with E-state index in [9.17, 15) is 13.2 Å². The zero-order valence-electron chi connectivity index (χ0n) is 23.8. The molecule has 8 nitrogen and oxygen atoms in total. The number of anilines is 1. The van der Waals surface area contributed by atoms with Gasteiger partial charge in [-0.05, 0) is 97.6 Å². The number of aromatic nitrogens is 2. The molecule has 3 aliphatic rings. The SMILES string of the molecule is Cc1cc(C)c(Oc2nc(C3CC45C(CCC34C)C5(C)C)ccc2C(=O)NS(=O)(=O)c2cccc(N)n2)c(C)c1. The summed E-state index contributed by atoms with van der Waals surface area (Å²) in [7, 11) is -4.27. The zero-order chi connectivity index (χ0) is 28.8. The predicted octanol–water partition coefficient (Wildman–Crippen LogP) is 5.82. The minimum absolute atomic E-state index is 0.0332. The number of amides is 1. The molecule has 1 aromatic carbocycles. The van der Waals surface area contributed by atoms with Crippen molar-refractivity contribution in [1.29, 1.82) is 0 Å². The van der Waals surface area contributed by atoms with Gasteiger partial charge in [0.2, 0.25) is 5.88 Å². The van der Waals surface area contributed by atoms with Gasteiger partial charge in [-0.2, -0.15) is 8.42 Å². The van der Waals surface area contributed by atoms with Crippen LogP contribution in [0.3, 0.4) is 0 Å². The fraction of sp³-hybridized carbons (Fsp3) is 0.452. The van der Waals surface area contributed by atoms with Gasteiger partial charge in [0.05, 0.1) is 0 Å². The summed E-state index contributed by atoms with van der Waals surface area (Å²) in [5.41, 5.74) is 10.3. The number of carbonyl (C=O) groups is 1. The van der Waals surface area contributed by atoms with Crippen LogP contribution in [0, 0.1) is 42.9 Å². The Balaban J connectivity index is 1.38. The number of ether oxygens (including phenoxy) is 1. The molecule has 1 amide bonds. The van der Waals surface area contributed by atoms with Crippen molar-refractivity contribution >= 4 is 21.7 Å². The predicted molar refractivity (Wildman–Crippen MR) is 153 cm³/mol. The Hall–Kier alpha value is -3.46. The number of hydrogen-bond acceptors (Lipinski definition) is 7. The normalized spacial score (nSPS) is 27.8. The third-order valence-electron chi connectivity index (χ3n) is 10.3. The Kier molecular flexibility index (Phi) is 5.70. The van der Waals surface area contributed by atoms with Crippen molar-refractivity contribution in [2.45, 2.75) is 71.7 Å². The molecule has 0 radical (unpaired) electrons. The molecule has 210 valence electrons. The molecular formula is C31H36N4O4S. The summed E-state index contributed by atoms with van der Waals surface area (Å²) in [5, 5.41) is -0.339. The van der Waals surface area contributed by atoms with Gasteiger partial charge in [-0.25, -0.2) is 14.7 Å². The first kappa shape index (κ1) is 26.7. The summed E-state index contributed by atoms with van der Waals surface area (Å²) in [6.07, 6.45) is 3.46. The Morgan fingerprint density at radius 1 is 1.05 bits per heavy atom. The van der Waals surface area contributed by atoms with E-state index < -0.39 is 15.9 Å². The molecule has 2 aromatic heterocycles. The van der Waals surface area contributed by atoms with Crippen LogP contribution in [0.2, 0.25) is 0 Å². The molecule has 6 rings (SSSR count). The highest BCUT2D eigenvalue weighted by Gasteiger charge is 2.86. The molecule has 0 bridgehead atoms. The number of aryl methyl sites for hydroxylation is 3. The van der Waals surface area contributed by atoms with Crippen molar-refractivity contribution in [2.75, 3.05) is 5.73 Å². The first-order valence-electron chi connectivity index (χ1n) is 13.8. The highest BCUT2D eigenvalue weighted by Crippen LogP contribution is 2.93. The molecule has 0 aliphatic heterocycles. The number of carbonyl (C=O) groups excluding carboxylic acids is 1. The van der Waals surface area contributed by atoms with Crippen LogP contribution < -0.4 is 15.2 Å². The van der Waals surface area contributed by atoms with Crippen molar-refractivity contribution in [2.24, 2.45) is 22.2 Å². The molecule has 0 saturated heterocycles. The maximum atomic E-state index is 13.4. The lowest BCUT2D eigenvalue weighted by atomic mass is 9.48. The van der Waals surface area contributed by atoms with Crippen LogP contribution in [0.1, 0.15) is 78.7 Å². The number of nitrogens with zero attached hydrogens (tertiary/aromatic N) is 2. The highest BCUT2D eigenvalue weighted by molar-refractivity contribution is 7.90. The maximum Gasteiger partial charge on any atom is 0.281 e. The van der Waals surface area contributed by atoms with E-state index in [4.69, 9.17) is 15.5 Å². The van der Waals surface area contributed by atoms with Crippen molar-refractivity contribution in [3.8, 4) is 11.6 Å². The average Bonchev–Trinajstić information content (AvgIpc) is 3.28. The van der Waals surface area contributed by atoms with E-state index in [-0.39, 0.29) is 33.6 Å². The van der Waals surface area contributed by atoms with Crippen LogP contribution in [0.15, 0.2) is 47.5 Å². The number of nitrogen functional groups attached to an aromatic ring is 1. The molecule has 2 heterocycles. The zero-order valence-corrected chi connectivity index (χ0v) is 24.6. The summed E-state index contributed by atoms with van der Waals surface area (Å²) in [4.78, 5) is 22.2. The van der Waals surface area contributed by atoms with E-state index in [0.29, 0.717) is 16.6 Å². The standard InChI is InChI=1S/C31H36N4O4S/c1-17-14-18(2)26(19(3)15-17)39-28-20(27(36)35-40(37,38)25-9-7-8-24(32)34-25)10-11-22(33-28)21-16-31-23(29(31,4)5)12-13-30(21,31)6/h7-11,14-15,21,23H,12-13,16H2,1-6H3,(H2,32,34)(H,35,36). The molecule has 3 saturated carbocycles. The minimum Gasteiger partial charge on any atom is -0.438 e. The van der Waals surface area contributed by atoms with Crippen molar-refractivity contribution in [3.63, 3.8) is 0 Å². The topological polar surface area (TPSA) is 124 Å². The van der Waals surface area contributed by atoms with Gasteiger partial charge in [0, 0.05) is 11.6 Å². The van der Waals surface area contributed by atoms with Crippen LogP contribution in [0.5, 0.6) is 11.6 Å². The van der Waals surface area contributed by atoms with Gasteiger partial charge in [-0.15, -0.1) is 0 Å². The Bertz CT molecular complexity index is 1660. The molecule has 4 unspecified atom stereocenters. The summed E-state index contributed by atoms with van der Waals surface area (Å²) in [6, 6.07) is 11.7. The average molecular weight is 561 g/mol. The molecule has 3 aromatic rings. The number of nitrogens with one attached hydrogen (secondary N) is 1. The molecule has 3 N–H and O–H groups in total. The van der Waals surface area contributed by atoms with Crippen LogP contribution in [0.25, 0.3) is 0 Å². The van der Waals surface area contributed by atoms with Gasteiger partial charge < -0.3 is 10.5 Å². The second kappa shape index (κ2) is 8.52. The van der Waals surface area contributed by atoms with E-state index in [1.165, 1.54) is 24.6 Å². The molecule has 4 atom stereocenters. The van der Waals surface area contributed by atoms with Gasteiger partial charge in [0.1, 0.15) is 17.1 Å². The number of sulfonamides is 1. The number of rotatable bonds is 6. The van der Waals surface area contributed by atoms with Gasteiger partial charge in [0.25, 0.3) is 15.9 Å². The Morgan fingerprint density at radius 2 is 1.75 bits per heavy atom. The number of pyridine rings is 2. The number of benzene rings is 1. The van der Waals surface area contributed by atoms with Crippen molar-refractivity contribution in [3.05, 3.63) is 70.4 Å². The van der Waals surface area contributed by atoms with Gasteiger partial charge in [-0.3, -0.25) is 4.79 Å². The van der Waals surface area contributed by atoms with E-state index >= 15 is 0 Å². The maximum absolute atomic E-state index is 13.4. The fourth-order valence-electron chi connectivity index (χ4n) is 8.48. The molecule has 9 heteroatoms. The van der Waals surface area contributed by atoms with Crippen molar-refractivity contribution in [1.82, 2.24) is 14.7 Å². The first-order valence-corrected chi connectivity index (χ1v) is 15.3. The van der Waals surface area contributed by atoms with E-state index in [0.717, 1.165) is 41.1 Å². The molecule has 3 aliphatic carbocycles. The summed E-state index contributed by atoms with van der Waals surface area (Å²) in [6.45, 7) is 13.1. The van der Waals surface area contributed by atoms with E-state index in [1.54, 1.807) is 6.07 Å². The molecule has 40 heavy (non-hydrogen) atoms. The number of hydrogen-bond donors (Lipinski definition) is 2.